The SMILES string of the molecule is CCC(C)NC(=O)Cn1ncc(Br)c(Br)c1=O. The zero-order valence-electron chi connectivity index (χ0n) is 9.54. The number of hydrogen-bond acceptors (Lipinski definition) is 3. The van der Waals surface area contributed by atoms with Crippen LogP contribution in [0.2, 0.25) is 0 Å². The van der Waals surface area contributed by atoms with Gasteiger partial charge in [0.1, 0.15) is 11.0 Å². The highest BCUT2D eigenvalue weighted by molar-refractivity contribution is 9.13. The van der Waals surface area contributed by atoms with Gasteiger partial charge < -0.3 is 5.32 Å². The lowest BCUT2D eigenvalue weighted by Gasteiger charge is -2.11. The normalized spacial score (nSPS) is 12.2. The number of nitrogens with one attached hydrogen (secondary N) is 1. The summed E-state index contributed by atoms with van der Waals surface area (Å²) in [5, 5.41) is 6.65. The van der Waals surface area contributed by atoms with Crippen molar-refractivity contribution in [1.82, 2.24) is 15.1 Å². The first-order chi connectivity index (χ1) is 7.95. The first-order valence-electron chi connectivity index (χ1n) is 5.16. The molecule has 0 aliphatic heterocycles. The summed E-state index contributed by atoms with van der Waals surface area (Å²) in [5.74, 6) is -0.219. The maximum atomic E-state index is 11.7. The van der Waals surface area contributed by atoms with Crippen molar-refractivity contribution in [3.8, 4) is 0 Å². The number of rotatable bonds is 4. The van der Waals surface area contributed by atoms with Crippen molar-refractivity contribution in [2.24, 2.45) is 0 Å². The molecule has 0 aromatic carbocycles. The molecule has 1 atom stereocenters. The molecule has 1 heterocycles. The average molecular weight is 367 g/mol. The molecule has 1 aromatic heterocycles. The highest BCUT2D eigenvalue weighted by atomic mass is 79.9. The van der Waals surface area contributed by atoms with Crippen LogP contribution in [0.3, 0.4) is 0 Å². The van der Waals surface area contributed by atoms with Crippen LogP contribution < -0.4 is 10.9 Å². The molecule has 5 nitrogen and oxygen atoms in total. The maximum Gasteiger partial charge on any atom is 0.282 e. The van der Waals surface area contributed by atoms with Gasteiger partial charge in [0.2, 0.25) is 5.91 Å². The van der Waals surface area contributed by atoms with Crippen LogP contribution in [-0.4, -0.2) is 21.7 Å². The molecule has 0 aliphatic carbocycles. The molecule has 0 saturated carbocycles. The lowest BCUT2D eigenvalue weighted by Crippen LogP contribution is -2.38. The van der Waals surface area contributed by atoms with Crippen LogP contribution in [0.5, 0.6) is 0 Å². The average Bonchev–Trinajstić information content (AvgIpc) is 2.29. The number of carbonyl (C=O) groups excluding carboxylic acids is 1. The van der Waals surface area contributed by atoms with E-state index in [1.54, 1.807) is 0 Å². The van der Waals surface area contributed by atoms with Gasteiger partial charge in [0.15, 0.2) is 0 Å². The Hall–Kier alpha value is -0.690. The van der Waals surface area contributed by atoms with Crippen molar-refractivity contribution in [3.05, 3.63) is 25.5 Å². The molecule has 0 fully saturated rings. The van der Waals surface area contributed by atoms with E-state index in [4.69, 9.17) is 0 Å². The van der Waals surface area contributed by atoms with Gasteiger partial charge in [-0.1, -0.05) is 6.92 Å². The van der Waals surface area contributed by atoms with E-state index in [1.807, 2.05) is 13.8 Å². The maximum absolute atomic E-state index is 11.7. The lowest BCUT2D eigenvalue weighted by atomic mass is 10.2. The van der Waals surface area contributed by atoms with E-state index >= 15 is 0 Å². The zero-order chi connectivity index (χ0) is 13.0. The van der Waals surface area contributed by atoms with Crippen LogP contribution in [0.25, 0.3) is 0 Å². The summed E-state index contributed by atoms with van der Waals surface area (Å²) in [6, 6.07) is 0.0945. The van der Waals surface area contributed by atoms with Crippen molar-refractivity contribution in [2.75, 3.05) is 0 Å². The van der Waals surface area contributed by atoms with E-state index in [0.717, 1.165) is 11.1 Å². The topological polar surface area (TPSA) is 64.0 Å². The van der Waals surface area contributed by atoms with Crippen molar-refractivity contribution in [1.29, 1.82) is 0 Å². The van der Waals surface area contributed by atoms with Gasteiger partial charge in [0.05, 0.1) is 10.7 Å². The Morgan fingerprint density at radius 1 is 1.59 bits per heavy atom. The van der Waals surface area contributed by atoms with Crippen molar-refractivity contribution >= 4 is 37.8 Å². The molecule has 0 radical (unpaired) electrons. The molecule has 7 heteroatoms. The molecule has 1 rings (SSSR count). The summed E-state index contributed by atoms with van der Waals surface area (Å²) in [5.41, 5.74) is -0.335. The van der Waals surface area contributed by atoms with Gasteiger partial charge in [-0.2, -0.15) is 5.10 Å². The number of carbonyl (C=O) groups is 1. The molecule has 1 amide bonds. The highest BCUT2D eigenvalue weighted by Crippen LogP contribution is 2.16. The molecule has 0 bridgehead atoms. The smallest absolute Gasteiger partial charge is 0.282 e. The molecule has 0 spiro atoms. The van der Waals surface area contributed by atoms with Gasteiger partial charge in [0, 0.05) is 6.04 Å². The minimum Gasteiger partial charge on any atom is -0.352 e. The number of amides is 1. The summed E-state index contributed by atoms with van der Waals surface area (Å²) < 4.78 is 2.05. The number of hydrogen-bond donors (Lipinski definition) is 1. The first-order valence-corrected chi connectivity index (χ1v) is 6.74. The summed E-state index contributed by atoms with van der Waals surface area (Å²) in [6.07, 6.45) is 2.32. The van der Waals surface area contributed by atoms with Gasteiger partial charge in [0.25, 0.3) is 5.56 Å². The molecular weight excluding hydrogens is 354 g/mol. The van der Waals surface area contributed by atoms with Gasteiger partial charge in [-0.05, 0) is 45.2 Å². The van der Waals surface area contributed by atoms with Crippen LogP contribution in [0.4, 0.5) is 0 Å². The molecule has 1 aromatic rings. The molecular formula is C10H13Br2N3O2. The Labute approximate surface area is 116 Å². The van der Waals surface area contributed by atoms with Crippen LogP contribution in [-0.2, 0) is 11.3 Å². The minimum absolute atomic E-state index is 0.0744. The largest absolute Gasteiger partial charge is 0.352 e. The third-order valence-corrected chi connectivity index (χ3v) is 4.16. The lowest BCUT2D eigenvalue weighted by molar-refractivity contribution is -0.122. The third kappa shape index (κ3) is 3.92. The number of nitrogens with zero attached hydrogens (tertiary/aromatic N) is 2. The van der Waals surface area contributed by atoms with Crippen molar-refractivity contribution < 1.29 is 4.79 Å². The molecule has 17 heavy (non-hydrogen) atoms. The first kappa shape index (κ1) is 14.4. The molecule has 1 unspecified atom stereocenters. The quantitative estimate of drug-likeness (QED) is 0.881. The Kier molecular flexibility index (Phi) is 5.32. The molecule has 0 aliphatic rings. The second kappa shape index (κ2) is 6.30. The fourth-order valence-electron chi connectivity index (χ4n) is 1.12. The number of aromatic nitrogens is 2. The Bertz CT molecular complexity index is 473. The van der Waals surface area contributed by atoms with E-state index in [9.17, 15) is 9.59 Å². The van der Waals surface area contributed by atoms with Gasteiger partial charge in [-0.25, -0.2) is 4.68 Å². The summed E-state index contributed by atoms with van der Waals surface area (Å²) >= 11 is 6.31. The van der Waals surface area contributed by atoms with Crippen LogP contribution >= 0.6 is 31.9 Å². The Morgan fingerprint density at radius 3 is 2.82 bits per heavy atom. The van der Waals surface area contributed by atoms with Crippen molar-refractivity contribution in [3.63, 3.8) is 0 Å². The van der Waals surface area contributed by atoms with Crippen LogP contribution in [0.15, 0.2) is 19.9 Å². The van der Waals surface area contributed by atoms with Gasteiger partial charge in [-0.3, -0.25) is 9.59 Å². The van der Waals surface area contributed by atoms with E-state index in [2.05, 4.69) is 42.3 Å². The van der Waals surface area contributed by atoms with Crippen LogP contribution in [0, 0.1) is 0 Å². The fourth-order valence-corrected chi connectivity index (χ4v) is 1.68. The van der Waals surface area contributed by atoms with E-state index in [-0.39, 0.29) is 24.1 Å². The molecule has 1 N–H and O–H groups in total. The predicted octanol–water partition coefficient (Wildman–Crippen LogP) is 1.68. The van der Waals surface area contributed by atoms with E-state index < -0.39 is 0 Å². The van der Waals surface area contributed by atoms with Crippen molar-refractivity contribution in [2.45, 2.75) is 32.9 Å². The standard InChI is InChI=1S/C10H13Br2N3O2/c1-3-6(2)14-8(16)5-15-10(17)9(12)7(11)4-13-15/h4,6H,3,5H2,1-2H3,(H,14,16). The second-order valence-electron chi connectivity index (χ2n) is 3.65. The molecule has 94 valence electrons. The Morgan fingerprint density at radius 2 is 2.24 bits per heavy atom. The van der Waals surface area contributed by atoms with Gasteiger partial charge >= 0.3 is 0 Å². The van der Waals surface area contributed by atoms with E-state index in [0.29, 0.717) is 8.95 Å². The number of halogens is 2. The minimum atomic E-state index is -0.335. The summed E-state index contributed by atoms with van der Waals surface area (Å²) in [4.78, 5) is 23.3. The van der Waals surface area contributed by atoms with Crippen LogP contribution in [0.1, 0.15) is 20.3 Å². The van der Waals surface area contributed by atoms with Gasteiger partial charge in [-0.15, -0.1) is 0 Å². The monoisotopic (exact) mass is 365 g/mol. The zero-order valence-corrected chi connectivity index (χ0v) is 12.7. The van der Waals surface area contributed by atoms with E-state index in [1.165, 1.54) is 6.20 Å². The summed E-state index contributed by atoms with van der Waals surface area (Å²) in [6.45, 7) is 3.81. The predicted molar refractivity (Wildman–Crippen MR) is 71.8 cm³/mol. The summed E-state index contributed by atoms with van der Waals surface area (Å²) in [7, 11) is 0. The fraction of sp³-hybridized carbons (Fsp3) is 0.500. The second-order valence-corrected chi connectivity index (χ2v) is 5.29. The Balaban J connectivity index is 2.80. The molecule has 0 saturated heterocycles. The third-order valence-electron chi connectivity index (χ3n) is 2.26. The highest BCUT2D eigenvalue weighted by Gasteiger charge is 2.11.